The molecular formula is C29H29N3O3. The van der Waals surface area contributed by atoms with Gasteiger partial charge in [-0.1, -0.05) is 78.9 Å². The van der Waals surface area contributed by atoms with Gasteiger partial charge in [-0.25, -0.2) is 9.78 Å². The van der Waals surface area contributed by atoms with Crippen LogP contribution in [-0.2, 0) is 9.53 Å². The van der Waals surface area contributed by atoms with Crippen LogP contribution in [0, 0.1) is 0 Å². The third-order valence-electron chi connectivity index (χ3n) is 6.85. The number of likely N-dealkylation sites (tertiary alicyclic amines) is 1. The molecule has 1 aliphatic carbocycles. The van der Waals surface area contributed by atoms with Gasteiger partial charge in [0.15, 0.2) is 5.78 Å². The summed E-state index contributed by atoms with van der Waals surface area (Å²) < 4.78 is 7.92. The number of carbonyl (C=O) groups excluding carboxylic acids is 2. The average molecular weight is 468 g/mol. The molecule has 1 unspecified atom stereocenters. The Labute approximate surface area is 205 Å². The Morgan fingerprint density at radius 1 is 0.971 bits per heavy atom. The number of carbonyl (C=O) groups is 2. The molecule has 6 heteroatoms. The molecule has 1 amide bonds. The molecule has 0 radical (unpaired) electrons. The predicted molar refractivity (Wildman–Crippen MR) is 134 cm³/mol. The Morgan fingerprint density at radius 3 is 2.26 bits per heavy atom. The van der Waals surface area contributed by atoms with Crippen LogP contribution in [0.2, 0.25) is 0 Å². The third-order valence-corrected chi connectivity index (χ3v) is 6.85. The SMILES string of the molecule is O=C1C=CC=CC1c1nccn1C1CCN(C(=O)OCC(c2ccccc2)c2ccccc2)CC1. The van der Waals surface area contributed by atoms with Gasteiger partial charge in [-0.15, -0.1) is 0 Å². The number of imidazole rings is 1. The topological polar surface area (TPSA) is 64.4 Å². The molecule has 178 valence electrons. The van der Waals surface area contributed by atoms with Crippen LogP contribution in [0.4, 0.5) is 4.79 Å². The van der Waals surface area contributed by atoms with E-state index in [2.05, 4.69) is 33.8 Å². The first kappa shape index (κ1) is 22.8. The Kier molecular flexibility index (Phi) is 6.89. The molecule has 2 aromatic carbocycles. The number of piperidine rings is 1. The molecule has 1 atom stereocenters. The predicted octanol–water partition coefficient (Wildman–Crippen LogP) is 5.27. The highest BCUT2D eigenvalue weighted by Gasteiger charge is 2.29. The molecule has 5 rings (SSSR count). The van der Waals surface area contributed by atoms with Gasteiger partial charge in [0.2, 0.25) is 0 Å². The van der Waals surface area contributed by atoms with Crippen LogP contribution in [0.5, 0.6) is 0 Å². The summed E-state index contributed by atoms with van der Waals surface area (Å²) in [6.07, 6.45) is 12.1. The van der Waals surface area contributed by atoms with Gasteiger partial charge in [0.25, 0.3) is 0 Å². The number of hydrogen-bond donors (Lipinski definition) is 0. The molecule has 0 saturated carbocycles. The third kappa shape index (κ3) is 5.11. The molecule has 1 aromatic heterocycles. The fourth-order valence-electron chi connectivity index (χ4n) is 4.94. The van der Waals surface area contributed by atoms with E-state index in [-0.39, 0.29) is 29.8 Å². The summed E-state index contributed by atoms with van der Waals surface area (Å²) in [4.78, 5) is 31.5. The van der Waals surface area contributed by atoms with Crippen molar-refractivity contribution in [1.29, 1.82) is 0 Å². The van der Waals surface area contributed by atoms with Gasteiger partial charge in [-0.3, -0.25) is 4.79 Å². The Morgan fingerprint density at radius 2 is 1.63 bits per heavy atom. The number of aromatic nitrogens is 2. The molecule has 1 fully saturated rings. The highest BCUT2D eigenvalue weighted by Crippen LogP contribution is 2.30. The largest absolute Gasteiger partial charge is 0.448 e. The van der Waals surface area contributed by atoms with Crippen molar-refractivity contribution in [3.8, 4) is 0 Å². The van der Waals surface area contributed by atoms with Gasteiger partial charge in [-0.2, -0.15) is 0 Å². The molecule has 0 bridgehead atoms. The van der Waals surface area contributed by atoms with Crippen LogP contribution < -0.4 is 0 Å². The molecule has 2 heterocycles. The van der Waals surface area contributed by atoms with E-state index in [1.54, 1.807) is 23.2 Å². The molecule has 1 aliphatic heterocycles. The standard InChI is InChI=1S/C29H29N3O3/c33-27-14-8-7-13-25(27)28-30-17-20-32(28)24-15-18-31(19-16-24)29(34)35-21-26(22-9-3-1-4-10-22)23-11-5-2-6-12-23/h1-14,17,20,24-26H,15-16,18-19,21H2. The lowest BCUT2D eigenvalue weighted by atomic mass is 9.92. The van der Waals surface area contributed by atoms with Gasteiger partial charge in [-0.05, 0) is 30.0 Å². The van der Waals surface area contributed by atoms with Crippen LogP contribution in [-0.4, -0.2) is 46.0 Å². The number of nitrogens with zero attached hydrogens (tertiary/aromatic N) is 3. The Bertz CT molecular complexity index is 1170. The second kappa shape index (κ2) is 10.6. The summed E-state index contributed by atoms with van der Waals surface area (Å²) in [5.41, 5.74) is 2.25. The van der Waals surface area contributed by atoms with Gasteiger partial charge < -0.3 is 14.2 Å². The number of hydrogen-bond acceptors (Lipinski definition) is 4. The number of ether oxygens (including phenoxy) is 1. The molecule has 3 aromatic rings. The summed E-state index contributed by atoms with van der Waals surface area (Å²) in [6.45, 7) is 1.51. The Balaban J connectivity index is 1.20. The maximum Gasteiger partial charge on any atom is 0.409 e. The Hall–Kier alpha value is -3.93. The molecule has 6 nitrogen and oxygen atoms in total. The van der Waals surface area contributed by atoms with E-state index in [9.17, 15) is 9.59 Å². The lowest BCUT2D eigenvalue weighted by Crippen LogP contribution is -2.40. The van der Waals surface area contributed by atoms with Gasteiger partial charge in [0.1, 0.15) is 12.4 Å². The van der Waals surface area contributed by atoms with Crippen molar-refractivity contribution in [2.75, 3.05) is 19.7 Å². The zero-order chi connectivity index (χ0) is 24.0. The van der Waals surface area contributed by atoms with E-state index < -0.39 is 0 Å². The summed E-state index contributed by atoms with van der Waals surface area (Å²) in [7, 11) is 0. The van der Waals surface area contributed by atoms with Crippen LogP contribution in [0.1, 0.15) is 47.7 Å². The first-order valence-corrected chi connectivity index (χ1v) is 12.1. The summed E-state index contributed by atoms with van der Waals surface area (Å²) >= 11 is 0. The van der Waals surface area contributed by atoms with Crippen molar-refractivity contribution in [3.63, 3.8) is 0 Å². The van der Waals surface area contributed by atoms with Crippen LogP contribution in [0.25, 0.3) is 0 Å². The van der Waals surface area contributed by atoms with Gasteiger partial charge in [0, 0.05) is 37.4 Å². The molecule has 1 saturated heterocycles. The summed E-state index contributed by atoms with van der Waals surface area (Å²) in [5.74, 6) is 0.464. The first-order valence-electron chi connectivity index (χ1n) is 12.1. The maximum absolute atomic E-state index is 12.9. The van der Waals surface area contributed by atoms with E-state index in [1.807, 2.05) is 54.7 Å². The summed E-state index contributed by atoms with van der Waals surface area (Å²) in [5, 5.41) is 0. The minimum Gasteiger partial charge on any atom is -0.448 e. The molecule has 0 spiro atoms. The number of allylic oxidation sites excluding steroid dienone is 4. The second-order valence-corrected chi connectivity index (χ2v) is 8.99. The average Bonchev–Trinajstić information content (AvgIpc) is 3.40. The second-order valence-electron chi connectivity index (χ2n) is 8.99. The van der Waals surface area contributed by atoms with Crippen molar-refractivity contribution in [2.24, 2.45) is 0 Å². The van der Waals surface area contributed by atoms with E-state index in [1.165, 1.54) is 0 Å². The van der Waals surface area contributed by atoms with Crippen LogP contribution in [0.15, 0.2) is 97.4 Å². The monoisotopic (exact) mass is 467 g/mol. The zero-order valence-corrected chi connectivity index (χ0v) is 19.6. The smallest absolute Gasteiger partial charge is 0.409 e. The zero-order valence-electron chi connectivity index (χ0n) is 19.6. The lowest BCUT2D eigenvalue weighted by molar-refractivity contribution is -0.115. The van der Waals surface area contributed by atoms with Crippen LogP contribution in [0.3, 0.4) is 0 Å². The van der Waals surface area contributed by atoms with E-state index in [0.29, 0.717) is 19.7 Å². The normalized spacial score (nSPS) is 18.3. The highest BCUT2D eigenvalue weighted by atomic mass is 16.6. The number of ketones is 1. The molecular weight excluding hydrogens is 438 g/mol. The quantitative estimate of drug-likeness (QED) is 0.496. The lowest BCUT2D eigenvalue weighted by Gasteiger charge is -2.33. The maximum atomic E-state index is 12.9. The number of benzene rings is 2. The number of rotatable bonds is 6. The first-order chi connectivity index (χ1) is 17.2. The van der Waals surface area contributed by atoms with E-state index >= 15 is 0 Å². The van der Waals surface area contributed by atoms with Crippen molar-refractivity contribution < 1.29 is 14.3 Å². The fourth-order valence-corrected chi connectivity index (χ4v) is 4.94. The van der Waals surface area contributed by atoms with Crippen molar-refractivity contribution in [2.45, 2.75) is 30.7 Å². The van der Waals surface area contributed by atoms with Gasteiger partial charge >= 0.3 is 6.09 Å². The number of amides is 1. The van der Waals surface area contributed by atoms with Crippen molar-refractivity contribution in [1.82, 2.24) is 14.5 Å². The minimum absolute atomic E-state index is 0.0115. The molecule has 2 aliphatic rings. The fraction of sp³-hybridized carbons (Fsp3) is 0.276. The van der Waals surface area contributed by atoms with Gasteiger partial charge in [0.05, 0.1) is 5.92 Å². The van der Waals surface area contributed by atoms with E-state index in [0.717, 1.165) is 29.8 Å². The molecule has 0 N–H and O–H groups in total. The van der Waals surface area contributed by atoms with E-state index in [4.69, 9.17) is 4.74 Å². The molecule has 35 heavy (non-hydrogen) atoms. The van der Waals surface area contributed by atoms with Crippen molar-refractivity contribution >= 4 is 11.9 Å². The summed E-state index contributed by atoms with van der Waals surface area (Å²) in [6, 6.07) is 20.5. The highest BCUT2D eigenvalue weighted by molar-refractivity contribution is 5.97. The minimum atomic E-state index is -0.342. The van der Waals surface area contributed by atoms with Crippen molar-refractivity contribution in [3.05, 3.63) is 114 Å². The van der Waals surface area contributed by atoms with Crippen LogP contribution >= 0.6 is 0 Å².